The second-order valence-corrected chi connectivity index (χ2v) is 3.48. The van der Waals surface area contributed by atoms with Crippen LogP contribution in [0.5, 0.6) is 0 Å². The summed E-state index contributed by atoms with van der Waals surface area (Å²) >= 11 is 0. The Hall–Kier alpha value is -1.33. The normalized spacial score (nSPS) is 10.8. The maximum Gasteiger partial charge on any atom is 0.0743 e. The summed E-state index contributed by atoms with van der Waals surface area (Å²) in [5.74, 6) is 2.68. The van der Waals surface area contributed by atoms with Crippen molar-refractivity contribution in [2.45, 2.75) is 25.9 Å². The molecule has 0 fully saturated rings. The minimum Gasteiger partial charge on any atom is -0.297 e. The summed E-state index contributed by atoms with van der Waals surface area (Å²) in [6, 6.07) is 3.94. The summed E-state index contributed by atoms with van der Waals surface area (Å²) in [5.41, 5.74) is 0.890. The van der Waals surface area contributed by atoms with Crippen LogP contribution in [0.3, 0.4) is 0 Å². The molecular formula is C11H14N2. The predicted octanol–water partition coefficient (Wildman–Crippen LogP) is 1.58. The van der Waals surface area contributed by atoms with E-state index in [9.17, 15) is 0 Å². The molecule has 0 saturated carbocycles. The summed E-state index contributed by atoms with van der Waals surface area (Å²) in [7, 11) is 0. The van der Waals surface area contributed by atoms with Gasteiger partial charge in [-0.25, -0.2) is 0 Å². The van der Waals surface area contributed by atoms with E-state index in [1.54, 1.807) is 6.20 Å². The van der Waals surface area contributed by atoms with Gasteiger partial charge in [0.05, 0.1) is 5.54 Å². The standard InChI is InChI=1S/C11H14N2/c1-4-11(2,3)13-9-10-6-5-7-12-8-10/h1,5-8,13H,9H2,2-3H3. The first-order valence-corrected chi connectivity index (χ1v) is 4.26. The van der Waals surface area contributed by atoms with E-state index in [4.69, 9.17) is 6.42 Å². The van der Waals surface area contributed by atoms with Crippen LogP contribution in [0.1, 0.15) is 19.4 Å². The summed E-state index contributed by atoms with van der Waals surface area (Å²) in [5, 5.41) is 3.25. The molecule has 0 radical (unpaired) electrons. The van der Waals surface area contributed by atoms with Crippen LogP contribution in [-0.4, -0.2) is 10.5 Å². The Morgan fingerprint density at radius 2 is 2.38 bits per heavy atom. The number of hydrogen-bond acceptors (Lipinski definition) is 2. The molecule has 0 amide bonds. The Morgan fingerprint density at radius 1 is 1.62 bits per heavy atom. The Morgan fingerprint density at radius 3 is 2.92 bits per heavy atom. The highest BCUT2D eigenvalue weighted by atomic mass is 14.9. The monoisotopic (exact) mass is 174 g/mol. The molecule has 0 aliphatic carbocycles. The van der Waals surface area contributed by atoms with Gasteiger partial charge in [-0.1, -0.05) is 12.0 Å². The largest absolute Gasteiger partial charge is 0.297 e. The van der Waals surface area contributed by atoms with E-state index in [0.717, 1.165) is 12.1 Å². The zero-order chi connectivity index (χ0) is 9.73. The fourth-order valence-electron chi connectivity index (χ4n) is 0.877. The molecule has 1 aromatic heterocycles. The Bertz CT molecular complexity index is 296. The van der Waals surface area contributed by atoms with Crippen molar-refractivity contribution in [2.75, 3.05) is 0 Å². The number of hydrogen-bond donors (Lipinski definition) is 1. The van der Waals surface area contributed by atoms with E-state index < -0.39 is 0 Å². The average Bonchev–Trinajstić information content (AvgIpc) is 2.17. The van der Waals surface area contributed by atoms with Gasteiger partial charge in [0.25, 0.3) is 0 Å². The molecule has 2 nitrogen and oxygen atoms in total. The highest BCUT2D eigenvalue weighted by molar-refractivity contribution is 5.12. The van der Waals surface area contributed by atoms with Crippen molar-refractivity contribution in [1.29, 1.82) is 0 Å². The number of aromatic nitrogens is 1. The van der Waals surface area contributed by atoms with E-state index in [0.29, 0.717) is 0 Å². The molecule has 0 aliphatic heterocycles. The molecular weight excluding hydrogens is 160 g/mol. The van der Waals surface area contributed by atoms with Crippen molar-refractivity contribution in [3.63, 3.8) is 0 Å². The molecule has 0 saturated heterocycles. The lowest BCUT2D eigenvalue weighted by Gasteiger charge is -2.19. The SMILES string of the molecule is C#CC(C)(C)NCc1cccnc1. The van der Waals surface area contributed by atoms with Crippen LogP contribution in [0.15, 0.2) is 24.5 Å². The van der Waals surface area contributed by atoms with Crippen molar-refractivity contribution in [2.24, 2.45) is 0 Å². The fraction of sp³-hybridized carbons (Fsp3) is 0.364. The molecule has 1 rings (SSSR count). The van der Waals surface area contributed by atoms with Gasteiger partial charge < -0.3 is 0 Å². The van der Waals surface area contributed by atoms with E-state index in [1.807, 2.05) is 32.2 Å². The van der Waals surface area contributed by atoms with Crippen LogP contribution in [0, 0.1) is 12.3 Å². The van der Waals surface area contributed by atoms with Crippen LogP contribution in [0.2, 0.25) is 0 Å². The average molecular weight is 174 g/mol. The summed E-state index contributed by atoms with van der Waals surface area (Å²) in [6.07, 6.45) is 8.93. The molecule has 68 valence electrons. The minimum absolute atomic E-state index is 0.254. The molecule has 1 heterocycles. The van der Waals surface area contributed by atoms with Crippen molar-refractivity contribution < 1.29 is 0 Å². The Labute approximate surface area is 79.4 Å². The number of nitrogens with zero attached hydrogens (tertiary/aromatic N) is 1. The molecule has 1 aromatic rings. The van der Waals surface area contributed by atoms with Crippen LogP contribution in [0.25, 0.3) is 0 Å². The lowest BCUT2D eigenvalue weighted by atomic mass is 10.1. The number of rotatable bonds is 3. The van der Waals surface area contributed by atoms with Crippen molar-refractivity contribution >= 4 is 0 Å². The predicted molar refractivity (Wildman–Crippen MR) is 54.0 cm³/mol. The van der Waals surface area contributed by atoms with Gasteiger partial charge >= 0.3 is 0 Å². The third kappa shape index (κ3) is 3.27. The first-order valence-electron chi connectivity index (χ1n) is 4.26. The summed E-state index contributed by atoms with van der Waals surface area (Å²) < 4.78 is 0. The zero-order valence-electron chi connectivity index (χ0n) is 8.04. The van der Waals surface area contributed by atoms with Gasteiger partial charge in [-0.15, -0.1) is 6.42 Å². The molecule has 0 aromatic carbocycles. The molecule has 1 N–H and O–H groups in total. The molecule has 0 bridgehead atoms. The molecule has 2 heteroatoms. The molecule has 0 atom stereocenters. The van der Waals surface area contributed by atoms with Gasteiger partial charge in [0.2, 0.25) is 0 Å². The van der Waals surface area contributed by atoms with Crippen molar-refractivity contribution in [1.82, 2.24) is 10.3 Å². The zero-order valence-corrected chi connectivity index (χ0v) is 8.04. The first kappa shape index (κ1) is 9.76. The number of pyridine rings is 1. The molecule has 13 heavy (non-hydrogen) atoms. The van der Waals surface area contributed by atoms with Gasteiger partial charge in [-0.3, -0.25) is 10.3 Å². The maximum absolute atomic E-state index is 5.34. The second-order valence-electron chi connectivity index (χ2n) is 3.48. The molecule has 0 unspecified atom stereocenters. The van der Waals surface area contributed by atoms with Crippen LogP contribution >= 0.6 is 0 Å². The maximum atomic E-state index is 5.34. The highest BCUT2D eigenvalue weighted by Gasteiger charge is 2.11. The van der Waals surface area contributed by atoms with Gasteiger partial charge in [-0.2, -0.15) is 0 Å². The van der Waals surface area contributed by atoms with E-state index in [1.165, 1.54) is 0 Å². The highest BCUT2D eigenvalue weighted by Crippen LogP contribution is 2.02. The molecule has 0 spiro atoms. The minimum atomic E-state index is -0.254. The fourth-order valence-corrected chi connectivity index (χ4v) is 0.877. The first-order chi connectivity index (χ1) is 6.14. The lowest BCUT2D eigenvalue weighted by Crippen LogP contribution is -2.36. The van der Waals surface area contributed by atoms with Gasteiger partial charge in [0, 0.05) is 18.9 Å². The smallest absolute Gasteiger partial charge is 0.0743 e. The third-order valence-electron chi connectivity index (χ3n) is 1.82. The summed E-state index contributed by atoms with van der Waals surface area (Å²) in [6.45, 7) is 4.71. The quantitative estimate of drug-likeness (QED) is 0.704. The third-order valence-corrected chi connectivity index (χ3v) is 1.82. The second kappa shape index (κ2) is 4.06. The number of terminal acetylenes is 1. The van der Waals surface area contributed by atoms with Crippen LogP contribution < -0.4 is 5.32 Å². The van der Waals surface area contributed by atoms with Gasteiger partial charge in [0.15, 0.2) is 0 Å². The summed E-state index contributed by atoms with van der Waals surface area (Å²) in [4.78, 5) is 4.02. The molecule has 0 aliphatic rings. The Balaban J connectivity index is 2.50. The van der Waals surface area contributed by atoms with E-state index in [2.05, 4.69) is 16.2 Å². The van der Waals surface area contributed by atoms with Gasteiger partial charge in [0.1, 0.15) is 0 Å². The van der Waals surface area contributed by atoms with Crippen molar-refractivity contribution in [3.8, 4) is 12.3 Å². The van der Waals surface area contributed by atoms with Gasteiger partial charge in [-0.05, 0) is 25.5 Å². The number of nitrogens with one attached hydrogen (secondary N) is 1. The Kier molecular flexibility index (Phi) is 3.05. The van der Waals surface area contributed by atoms with Crippen LogP contribution in [0.4, 0.5) is 0 Å². The van der Waals surface area contributed by atoms with E-state index >= 15 is 0 Å². The lowest BCUT2D eigenvalue weighted by molar-refractivity contribution is 0.490. The topological polar surface area (TPSA) is 24.9 Å². The van der Waals surface area contributed by atoms with Crippen LogP contribution in [-0.2, 0) is 6.54 Å². The van der Waals surface area contributed by atoms with Crippen molar-refractivity contribution in [3.05, 3.63) is 30.1 Å². The van der Waals surface area contributed by atoms with E-state index in [-0.39, 0.29) is 5.54 Å².